The fourth-order valence-electron chi connectivity index (χ4n) is 4.45. The highest BCUT2D eigenvalue weighted by Crippen LogP contribution is 2.35. The van der Waals surface area contributed by atoms with Gasteiger partial charge in [0.2, 0.25) is 5.91 Å². The summed E-state index contributed by atoms with van der Waals surface area (Å²) in [6.45, 7) is 0. The van der Waals surface area contributed by atoms with Crippen molar-refractivity contribution in [2.24, 2.45) is 0 Å². The molecule has 4 rings (SSSR count). The number of aromatic nitrogens is 2. The SMILES string of the molecule is COc1cc(OC)cc(N(C(=O)c2cnccn2)C(C(=O)NC2CCCCC2)c2ccc(O)cc2)c1. The third kappa shape index (κ3) is 5.73. The van der Waals surface area contributed by atoms with Crippen molar-refractivity contribution >= 4 is 17.5 Å². The van der Waals surface area contributed by atoms with Gasteiger partial charge in [-0.15, -0.1) is 0 Å². The molecule has 1 atom stereocenters. The number of rotatable bonds is 8. The number of carbonyl (C=O) groups is 2. The molecule has 1 fully saturated rings. The second kappa shape index (κ2) is 11.5. The average Bonchev–Trinajstić information content (AvgIpc) is 2.92. The minimum Gasteiger partial charge on any atom is -0.508 e. The number of phenols is 1. The molecule has 1 aliphatic rings. The number of phenolic OH excluding ortho intramolecular Hbond substituents is 1. The summed E-state index contributed by atoms with van der Waals surface area (Å²) >= 11 is 0. The van der Waals surface area contributed by atoms with Crippen molar-refractivity contribution in [1.82, 2.24) is 15.3 Å². The number of nitrogens with zero attached hydrogens (tertiary/aromatic N) is 3. The fraction of sp³-hybridized carbons (Fsp3) is 0.333. The Morgan fingerprint density at radius 3 is 2.25 bits per heavy atom. The van der Waals surface area contributed by atoms with Gasteiger partial charge in [-0.1, -0.05) is 31.4 Å². The van der Waals surface area contributed by atoms with Gasteiger partial charge in [0.15, 0.2) is 0 Å². The zero-order valence-electron chi connectivity index (χ0n) is 20.4. The van der Waals surface area contributed by atoms with Gasteiger partial charge in [0.1, 0.15) is 29.0 Å². The van der Waals surface area contributed by atoms with Crippen LogP contribution in [0.25, 0.3) is 0 Å². The topological polar surface area (TPSA) is 114 Å². The monoisotopic (exact) mass is 490 g/mol. The second-order valence-corrected chi connectivity index (χ2v) is 8.67. The maximum absolute atomic E-state index is 13.9. The molecule has 0 radical (unpaired) electrons. The Balaban J connectivity index is 1.85. The van der Waals surface area contributed by atoms with E-state index in [1.54, 1.807) is 30.3 Å². The molecule has 2 N–H and O–H groups in total. The molecule has 36 heavy (non-hydrogen) atoms. The lowest BCUT2D eigenvalue weighted by Crippen LogP contribution is -2.47. The highest BCUT2D eigenvalue weighted by Gasteiger charge is 2.35. The zero-order chi connectivity index (χ0) is 25.5. The van der Waals surface area contributed by atoms with E-state index in [1.807, 2.05) is 0 Å². The van der Waals surface area contributed by atoms with Gasteiger partial charge >= 0.3 is 0 Å². The van der Waals surface area contributed by atoms with Crippen LogP contribution >= 0.6 is 0 Å². The molecule has 1 heterocycles. The molecule has 188 valence electrons. The van der Waals surface area contributed by atoms with E-state index in [2.05, 4.69) is 15.3 Å². The van der Waals surface area contributed by atoms with Gasteiger partial charge in [-0.25, -0.2) is 4.98 Å². The van der Waals surface area contributed by atoms with Crippen LogP contribution in [0.15, 0.2) is 61.1 Å². The fourth-order valence-corrected chi connectivity index (χ4v) is 4.45. The largest absolute Gasteiger partial charge is 0.508 e. The molecule has 0 saturated heterocycles. The van der Waals surface area contributed by atoms with Crippen LogP contribution < -0.4 is 19.7 Å². The van der Waals surface area contributed by atoms with E-state index < -0.39 is 11.9 Å². The summed E-state index contributed by atoms with van der Waals surface area (Å²) in [7, 11) is 3.03. The number of methoxy groups -OCH3 is 2. The van der Waals surface area contributed by atoms with Crippen LogP contribution in [0.2, 0.25) is 0 Å². The van der Waals surface area contributed by atoms with Crippen LogP contribution in [0.5, 0.6) is 17.2 Å². The van der Waals surface area contributed by atoms with Crippen molar-refractivity contribution in [1.29, 1.82) is 0 Å². The summed E-state index contributed by atoms with van der Waals surface area (Å²) in [5.41, 5.74) is 0.993. The molecule has 1 unspecified atom stereocenters. The Kier molecular flexibility index (Phi) is 7.99. The molecule has 2 aromatic carbocycles. The van der Waals surface area contributed by atoms with E-state index in [9.17, 15) is 14.7 Å². The number of hydrogen-bond acceptors (Lipinski definition) is 7. The van der Waals surface area contributed by atoms with Crippen LogP contribution in [0.1, 0.15) is 54.2 Å². The van der Waals surface area contributed by atoms with Gasteiger partial charge in [0.25, 0.3) is 5.91 Å². The molecule has 9 nitrogen and oxygen atoms in total. The van der Waals surface area contributed by atoms with E-state index in [-0.39, 0.29) is 23.4 Å². The standard InChI is InChI=1S/C27H30N4O5/c1-35-22-14-20(15-23(16-22)36-2)31(27(34)24-17-28-12-13-29-24)25(18-8-10-21(32)11-9-18)26(33)30-19-6-4-3-5-7-19/h8-17,19,25,32H,3-7H2,1-2H3,(H,30,33). The smallest absolute Gasteiger partial charge is 0.279 e. The summed E-state index contributed by atoms with van der Waals surface area (Å²) in [5.74, 6) is 0.124. The Morgan fingerprint density at radius 2 is 1.67 bits per heavy atom. The van der Waals surface area contributed by atoms with Gasteiger partial charge in [-0.2, -0.15) is 0 Å². The minimum absolute atomic E-state index is 0.0270. The van der Waals surface area contributed by atoms with Crippen LogP contribution in [0.3, 0.4) is 0 Å². The first-order chi connectivity index (χ1) is 17.5. The third-order valence-corrected chi connectivity index (χ3v) is 6.28. The molecule has 0 spiro atoms. The highest BCUT2D eigenvalue weighted by atomic mass is 16.5. The Morgan fingerprint density at radius 1 is 1.00 bits per heavy atom. The number of aromatic hydroxyl groups is 1. The lowest BCUT2D eigenvalue weighted by molar-refractivity contribution is -0.123. The number of hydrogen-bond donors (Lipinski definition) is 2. The van der Waals surface area contributed by atoms with Gasteiger partial charge in [-0.3, -0.25) is 19.5 Å². The van der Waals surface area contributed by atoms with Crippen molar-refractivity contribution in [3.63, 3.8) is 0 Å². The van der Waals surface area contributed by atoms with Gasteiger partial charge in [0.05, 0.1) is 26.1 Å². The third-order valence-electron chi connectivity index (χ3n) is 6.28. The predicted molar refractivity (Wildman–Crippen MR) is 134 cm³/mol. The van der Waals surface area contributed by atoms with Crippen LogP contribution in [0.4, 0.5) is 5.69 Å². The lowest BCUT2D eigenvalue weighted by Gasteiger charge is -2.33. The van der Waals surface area contributed by atoms with Crippen molar-refractivity contribution in [2.45, 2.75) is 44.2 Å². The molecule has 1 aromatic heterocycles. The van der Waals surface area contributed by atoms with Gasteiger partial charge < -0.3 is 19.9 Å². The number of amides is 2. The molecule has 1 saturated carbocycles. The number of carbonyl (C=O) groups excluding carboxylic acids is 2. The zero-order valence-corrected chi connectivity index (χ0v) is 20.4. The summed E-state index contributed by atoms with van der Waals surface area (Å²) in [4.78, 5) is 37.4. The molecule has 0 aliphatic heterocycles. The Bertz CT molecular complexity index is 1160. The highest BCUT2D eigenvalue weighted by molar-refractivity contribution is 6.09. The van der Waals surface area contributed by atoms with E-state index in [0.717, 1.165) is 32.1 Å². The summed E-state index contributed by atoms with van der Waals surface area (Å²) in [6, 6.07) is 10.2. The molecular formula is C27H30N4O5. The molecule has 2 amide bonds. The van der Waals surface area contributed by atoms with Crippen molar-refractivity contribution in [2.75, 3.05) is 19.1 Å². The second-order valence-electron chi connectivity index (χ2n) is 8.67. The predicted octanol–water partition coefficient (Wildman–Crippen LogP) is 4.04. The van der Waals surface area contributed by atoms with Crippen LogP contribution in [0, 0.1) is 0 Å². The number of ether oxygens (including phenoxy) is 2. The first-order valence-corrected chi connectivity index (χ1v) is 11.9. The first-order valence-electron chi connectivity index (χ1n) is 11.9. The Hall–Kier alpha value is -4.14. The Labute approximate surface area is 210 Å². The minimum atomic E-state index is -1.06. The van der Waals surface area contributed by atoms with Gasteiger partial charge in [0, 0.05) is 36.6 Å². The first kappa shape index (κ1) is 25.0. The summed E-state index contributed by atoms with van der Waals surface area (Å²) < 4.78 is 10.9. The quantitative estimate of drug-likeness (QED) is 0.490. The van der Waals surface area contributed by atoms with Crippen molar-refractivity contribution in [3.05, 3.63) is 72.3 Å². The van der Waals surface area contributed by atoms with E-state index in [0.29, 0.717) is 22.7 Å². The van der Waals surface area contributed by atoms with E-state index in [1.165, 1.54) is 49.8 Å². The maximum Gasteiger partial charge on any atom is 0.279 e. The molecule has 9 heteroatoms. The lowest BCUT2D eigenvalue weighted by atomic mass is 9.94. The van der Waals surface area contributed by atoms with E-state index in [4.69, 9.17) is 9.47 Å². The number of nitrogens with one attached hydrogen (secondary N) is 1. The van der Waals surface area contributed by atoms with Gasteiger partial charge in [-0.05, 0) is 30.5 Å². The molecule has 0 bridgehead atoms. The molecule has 1 aliphatic carbocycles. The normalized spacial score (nSPS) is 14.5. The average molecular weight is 491 g/mol. The van der Waals surface area contributed by atoms with E-state index >= 15 is 0 Å². The summed E-state index contributed by atoms with van der Waals surface area (Å²) in [6.07, 6.45) is 9.28. The molecular weight excluding hydrogens is 460 g/mol. The summed E-state index contributed by atoms with van der Waals surface area (Å²) in [5, 5.41) is 13.0. The van der Waals surface area contributed by atoms with Crippen LogP contribution in [-0.2, 0) is 4.79 Å². The van der Waals surface area contributed by atoms with Crippen molar-refractivity contribution in [3.8, 4) is 17.2 Å². The van der Waals surface area contributed by atoms with Crippen molar-refractivity contribution < 1.29 is 24.2 Å². The molecule has 3 aromatic rings. The maximum atomic E-state index is 13.9. The van der Waals surface area contributed by atoms with Crippen LogP contribution in [-0.4, -0.2) is 47.2 Å². The number of anilines is 1. The number of benzene rings is 2.